The summed E-state index contributed by atoms with van der Waals surface area (Å²) in [5.41, 5.74) is 0. The van der Waals surface area contributed by atoms with E-state index in [0.29, 0.717) is 0 Å². The van der Waals surface area contributed by atoms with Gasteiger partial charge in [-0.3, -0.25) is 0 Å². The van der Waals surface area contributed by atoms with Crippen molar-refractivity contribution in [3.05, 3.63) is 0 Å². The summed E-state index contributed by atoms with van der Waals surface area (Å²) >= 11 is 0. The van der Waals surface area contributed by atoms with Gasteiger partial charge in [-0.15, -0.1) is 0 Å². The molecule has 1 amide bonds. The number of ether oxygens (including phenoxy) is 2. The predicted octanol–water partition coefficient (Wildman–Crippen LogP) is 0.0348. The van der Waals surface area contributed by atoms with Crippen LogP contribution >= 0.6 is 0 Å². The SMILES string of the molecule is COC(=O)NC(COC(F)F)C(=O)O. The number of aliphatic carboxylic acids is 1. The van der Waals surface area contributed by atoms with Crippen molar-refractivity contribution in [3.63, 3.8) is 0 Å². The van der Waals surface area contributed by atoms with Crippen molar-refractivity contribution in [2.75, 3.05) is 13.7 Å². The van der Waals surface area contributed by atoms with Gasteiger partial charge in [-0.05, 0) is 0 Å². The Morgan fingerprint density at radius 1 is 1.50 bits per heavy atom. The molecule has 0 aromatic rings. The number of carboxylic acids is 1. The zero-order valence-electron chi connectivity index (χ0n) is 7.20. The van der Waals surface area contributed by atoms with E-state index >= 15 is 0 Å². The first-order valence-corrected chi connectivity index (χ1v) is 3.44. The maximum Gasteiger partial charge on any atom is 0.407 e. The van der Waals surface area contributed by atoms with Crippen LogP contribution in [-0.4, -0.2) is 43.5 Å². The summed E-state index contributed by atoms with van der Waals surface area (Å²) in [7, 11) is 1.02. The second-order valence-corrected chi connectivity index (χ2v) is 2.12. The molecular formula is C6H9F2NO5. The summed E-state index contributed by atoms with van der Waals surface area (Å²) in [5.74, 6) is -1.49. The average molecular weight is 213 g/mol. The molecule has 2 N–H and O–H groups in total. The van der Waals surface area contributed by atoms with Crippen molar-refractivity contribution in [1.29, 1.82) is 0 Å². The lowest BCUT2D eigenvalue weighted by Crippen LogP contribution is -2.44. The van der Waals surface area contributed by atoms with Gasteiger partial charge in [-0.2, -0.15) is 8.78 Å². The molecule has 0 spiro atoms. The molecule has 0 aliphatic heterocycles. The molecule has 0 saturated carbocycles. The normalized spacial score (nSPS) is 12.3. The van der Waals surface area contributed by atoms with Gasteiger partial charge in [0.25, 0.3) is 0 Å². The van der Waals surface area contributed by atoms with Crippen LogP contribution in [0.2, 0.25) is 0 Å². The zero-order valence-corrected chi connectivity index (χ0v) is 7.20. The van der Waals surface area contributed by atoms with E-state index in [1.165, 1.54) is 0 Å². The van der Waals surface area contributed by atoms with Crippen molar-refractivity contribution < 1.29 is 33.0 Å². The lowest BCUT2D eigenvalue weighted by molar-refractivity contribution is -0.153. The largest absolute Gasteiger partial charge is 0.480 e. The number of amides is 1. The Balaban J connectivity index is 4.03. The van der Waals surface area contributed by atoms with E-state index in [1.807, 2.05) is 0 Å². The van der Waals surface area contributed by atoms with Gasteiger partial charge in [0.1, 0.15) is 0 Å². The van der Waals surface area contributed by atoms with Crippen LogP contribution in [0.1, 0.15) is 0 Å². The third-order valence-electron chi connectivity index (χ3n) is 1.16. The number of halogens is 2. The smallest absolute Gasteiger partial charge is 0.407 e. The molecule has 82 valence electrons. The molecule has 14 heavy (non-hydrogen) atoms. The number of carbonyl (C=O) groups excluding carboxylic acids is 1. The molecule has 8 heteroatoms. The maximum atomic E-state index is 11.5. The fraction of sp³-hybridized carbons (Fsp3) is 0.667. The van der Waals surface area contributed by atoms with Crippen LogP contribution in [0.3, 0.4) is 0 Å². The standard InChI is InChI=1S/C6H9F2NO5/c1-13-6(12)9-3(4(10)11)2-14-5(7)8/h3,5H,2H2,1H3,(H,9,12)(H,10,11). The highest BCUT2D eigenvalue weighted by atomic mass is 19.3. The number of alkyl halides is 2. The molecular weight excluding hydrogens is 204 g/mol. The topological polar surface area (TPSA) is 84.9 Å². The first kappa shape index (κ1) is 12.6. The molecule has 0 aromatic heterocycles. The molecule has 0 aliphatic rings. The summed E-state index contributed by atoms with van der Waals surface area (Å²) in [4.78, 5) is 20.9. The van der Waals surface area contributed by atoms with Crippen LogP contribution in [0.25, 0.3) is 0 Å². The van der Waals surface area contributed by atoms with Gasteiger partial charge in [0, 0.05) is 0 Å². The van der Waals surface area contributed by atoms with Crippen molar-refractivity contribution in [3.8, 4) is 0 Å². The van der Waals surface area contributed by atoms with Gasteiger partial charge in [0.05, 0.1) is 13.7 Å². The first-order chi connectivity index (χ1) is 6.47. The minimum atomic E-state index is -3.09. The number of hydrogen-bond acceptors (Lipinski definition) is 4. The van der Waals surface area contributed by atoms with E-state index in [-0.39, 0.29) is 0 Å². The summed E-state index contributed by atoms with van der Waals surface area (Å²) < 4.78 is 30.8. The summed E-state index contributed by atoms with van der Waals surface area (Å²) in [5, 5.41) is 10.2. The quantitative estimate of drug-likeness (QED) is 0.673. The number of carboxylic acid groups (broad SMARTS) is 1. The van der Waals surface area contributed by atoms with Crippen molar-refractivity contribution in [2.24, 2.45) is 0 Å². The molecule has 1 atom stereocenters. The first-order valence-electron chi connectivity index (χ1n) is 3.44. The van der Waals surface area contributed by atoms with Crippen LogP contribution in [-0.2, 0) is 14.3 Å². The van der Waals surface area contributed by atoms with E-state index in [0.717, 1.165) is 7.11 Å². The number of methoxy groups -OCH3 is 1. The summed E-state index contributed by atoms with van der Waals surface area (Å²) in [6.07, 6.45) is -1.03. The molecule has 0 saturated heterocycles. The lowest BCUT2D eigenvalue weighted by atomic mass is 10.3. The molecule has 6 nitrogen and oxygen atoms in total. The van der Waals surface area contributed by atoms with Gasteiger partial charge < -0.3 is 19.9 Å². The number of carbonyl (C=O) groups is 2. The average Bonchev–Trinajstić information content (AvgIpc) is 2.10. The second-order valence-electron chi connectivity index (χ2n) is 2.12. The maximum absolute atomic E-state index is 11.5. The highest BCUT2D eigenvalue weighted by molar-refractivity contribution is 5.79. The third kappa shape index (κ3) is 5.25. The van der Waals surface area contributed by atoms with Crippen molar-refractivity contribution >= 4 is 12.1 Å². The molecule has 0 aliphatic carbocycles. The van der Waals surface area contributed by atoms with Crippen LogP contribution in [0.5, 0.6) is 0 Å². The Hall–Kier alpha value is -1.44. The molecule has 0 aromatic carbocycles. The Morgan fingerprint density at radius 3 is 2.43 bits per heavy atom. The Labute approximate surface area is 77.8 Å². The van der Waals surface area contributed by atoms with Crippen LogP contribution in [0.15, 0.2) is 0 Å². The van der Waals surface area contributed by atoms with Gasteiger partial charge in [-0.25, -0.2) is 9.59 Å². The zero-order chi connectivity index (χ0) is 11.1. The summed E-state index contributed by atoms with van der Waals surface area (Å²) in [6.45, 7) is -3.92. The highest BCUT2D eigenvalue weighted by Gasteiger charge is 2.21. The van der Waals surface area contributed by atoms with E-state index in [4.69, 9.17) is 5.11 Å². The van der Waals surface area contributed by atoms with E-state index in [2.05, 4.69) is 9.47 Å². The van der Waals surface area contributed by atoms with Crippen LogP contribution < -0.4 is 5.32 Å². The number of rotatable bonds is 5. The predicted molar refractivity (Wildman–Crippen MR) is 38.9 cm³/mol. The lowest BCUT2D eigenvalue weighted by Gasteiger charge is -2.12. The molecule has 1 unspecified atom stereocenters. The van der Waals surface area contributed by atoms with E-state index in [9.17, 15) is 18.4 Å². The Bertz CT molecular complexity index is 210. The number of alkyl carbamates (subject to hydrolysis) is 1. The summed E-state index contributed by atoms with van der Waals surface area (Å²) in [6, 6.07) is -1.56. The monoisotopic (exact) mass is 213 g/mol. The van der Waals surface area contributed by atoms with Gasteiger partial charge in [0.2, 0.25) is 0 Å². The highest BCUT2D eigenvalue weighted by Crippen LogP contribution is 1.97. The second kappa shape index (κ2) is 6.08. The minimum absolute atomic E-state index is 0.831. The fourth-order valence-corrected chi connectivity index (χ4v) is 0.545. The van der Waals surface area contributed by atoms with Gasteiger partial charge in [-0.1, -0.05) is 0 Å². The minimum Gasteiger partial charge on any atom is -0.480 e. The van der Waals surface area contributed by atoms with Crippen molar-refractivity contribution in [1.82, 2.24) is 5.32 Å². The fourth-order valence-electron chi connectivity index (χ4n) is 0.545. The van der Waals surface area contributed by atoms with Crippen LogP contribution in [0.4, 0.5) is 13.6 Å². The molecule has 0 fully saturated rings. The Morgan fingerprint density at radius 2 is 2.07 bits per heavy atom. The van der Waals surface area contributed by atoms with Gasteiger partial charge >= 0.3 is 18.7 Å². The molecule has 0 heterocycles. The van der Waals surface area contributed by atoms with E-state index < -0.39 is 31.3 Å². The Kier molecular flexibility index (Phi) is 5.46. The van der Waals surface area contributed by atoms with Crippen molar-refractivity contribution in [2.45, 2.75) is 12.7 Å². The van der Waals surface area contributed by atoms with Crippen LogP contribution in [0, 0.1) is 0 Å². The molecule has 0 rings (SSSR count). The number of nitrogens with one attached hydrogen (secondary N) is 1. The van der Waals surface area contributed by atoms with Gasteiger partial charge in [0.15, 0.2) is 6.04 Å². The molecule has 0 bridgehead atoms. The molecule has 0 radical (unpaired) electrons. The van der Waals surface area contributed by atoms with E-state index in [1.54, 1.807) is 5.32 Å². The third-order valence-corrected chi connectivity index (χ3v) is 1.16. The number of hydrogen-bond donors (Lipinski definition) is 2.